The van der Waals surface area contributed by atoms with Crippen LogP contribution in [0, 0.1) is 0 Å². The van der Waals surface area contributed by atoms with Crippen LogP contribution in [0.25, 0.3) is 21.7 Å². The van der Waals surface area contributed by atoms with E-state index in [2.05, 4.69) is 4.99 Å². The molecule has 6 heteroatoms. The Morgan fingerprint density at radius 3 is 2.69 bits per heavy atom. The first-order chi connectivity index (χ1) is 14.1. The summed E-state index contributed by atoms with van der Waals surface area (Å²) in [5.41, 5.74) is 7.96. The van der Waals surface area contributed by atoms with Crippen LogP contribution in [-0.2, 0) is 5.75 Å². The van der Waals surface area contributed by atoms with Crippen LogP contribution < -0.4 is 16.1 Å². The Morgan fingerprint density at radius 1 is 1.10 bits per heavy atom. The highest BCUT2D eigenvalue weighted by molar-refractivity contribution is 8.13. The van der Waals surface area contributed by atoms with Crippen molar-refractivity contribution in [3.63, 3.8) is 0 Å². The molecular formula is C23H20N2O3S. The van der Waals surface area contributed by atoms with Crippen molar-refractivity contribution in [2.24, 2.45) is 10.7 Å². The minimum Gasteiger partial charge on any atom is -0.494 e. The molecule has 0 radical (unpaired) electrons. The van der Waals surface area contributed by atoms with Crippen molar-refractivity contribution in [3.05, 3.63) is 82.7 Å². The molecule has 0 saturated heterocycles. The number of benzene rings is 3. The van der Waals surface area contributed by atoms with E-state index in [9.17, 15) is 4.79 Å². The Bertz CT molecular complexity index is 1250. The Balaban J connectivity index is 1.62. The Labute approximate surface area is 172 Å². The molecule has 29 heavy (non-hydrogen) atoms. The van der Waals surface area contributed by atoms with E-state index in [1.807, 2.05) is 67.6 Å². The quantitative estimate of drug-likeness (QED) is 0.213. The molecule has 1 heterocycles. The number of fused-ring (bicyclic) bond motifs is 3. The third-order valence-corrected chi connectivity index (χ3v) is 5.32. The third kappa shape index (κ3) is 4.27. The fourth-order valence-electron chi connectivity index (χ4n) is 3.23. The van der Waals surface area contributed by atoms with Crippen LogP contribution in [0.3, 0.4) is 0 Å². The van der Waals surface area contributed by atoms with Crippen LogP contribution in [0.4, 0.5) is 5.69 Å². The SMILES string of the molecule is CCOc1ccc(N=C(N)SCc2cc(=O)oc3ccc4ccccc4c23)cc1. The average Bonchev–Trinajstić information content (AvgIpc) is 2.73. The maximum atomic E-state index is 12.0. The van der Waals surface area contributed by atoms with Crippen LogP contribution in [0.1, 0.15) is 12.5 Å². The molecular weight excluding hydrogens is 384 g/mol. The lowest BCUT2D eigenvalue weighted by Gasteiger charge is -2.08. The van der Waals surface area contributed by atoms with E-state index in [0.29, 0.717) is 23.1 Å². The molecule has 4 rings (SSSR count). The van der Waals surface area contributed by atoms with Crippen molar-refractivity contribution in [3.8, 4) is 5.75 Å². The molecule has 0 atom stereocenters. The summed E-state index contributed by atoms with van der Waals surface area (Å²) in [6.07, 6.45) is 0. The maximum absolute atomic E-state index is 12.0. The molecule has 0 aliphatic rings. The molecule has 0 aliphatic heterocycles. The lowest BCUT2D eigenvalue weighted by Crippen LogP contribution is -2.07. The lowest BCUT2D eigenvalue weighted by molar-refractivity contribution is 0.340. The normalized spacial score (nSPS) is 11.8. The van der Waals surface area contributed by atoms with E-state index in [4.69, 9.17) is 14.9 Å². The van der Waals surface area contributed by atoms with Crippen LogP contribution >= 0.6 is 11.8 Å². The predicted octanol–water partition coefficient (Wildman–Crippen LogP) is 5.22. The molecule has 0 saturated carbocycles. The molecule has 0 fully saturated rings. The zero-order valence-corrected chi connectivity index (χ0v) is 16.7. The van der Waals surface area contributed by atoms with E-state index in [-0.39, 0.29) is 5.63 Å². The van der Waals surface area contributed by atoms with E-state index >= 15 is 0 Å². The van der Waals surface area contributed by atoms with Crippen molar-refractivity contribution in [2.45, 2.75) is 12.7 Å². The van der Waals surface area contributed by atoms with E-state index in [1.165, 1.54) is 17.8 Å². The average molecular weight is 404 g/mol. The largest absolute Gasteiger partial charge is 0.494 e. The molecule has 0 bridgehead atoms. The summed E-state index contributed by atoms with van der Waals surface area (Å²) < 4.78 is 10.8. The first-order valence-corrected chi connectivity index (χ1v) is 10.3. The summed E-state index contributed by atoms with van der Waals surface area (Å²) in [6, 6.07) is 20.8. The number of ether oxygens (including phenoxy) is 1. The van der Waals surface area contributed by atoms with Gasteiger partial charge >= 0.3 is 5.63 Å². The number of amidine groups is 1. The van der Waals surface area contributed by atoms with Crippen LogP contribution in [0.5, 0.6) is 5.75 Å². The number of nitrogens with two attached hydrogens (primary N) is 1. The van der Waals surface area contributed by atoms with E-state index in [1.54, 1.807) is 0 Å². The van der Waals surface area contributed by atoms with Gasteiger partial charge in [-0.05, 0) is 53.6 Å². The molecule has 146 valence electrons. The van der Waals surface area contributed by atoms with Crippen LogP contribution in [-0.4, -0.2) is 11.8 Å². The number of aliphatic imine (C=N–C) groups is 1. The number of rotatable bonds is 5. The summed E-state index contributed by atoms with van der Waals surface area (Å²) in [5, 5.41) is 3.50. The molecule has 2 N–H and O–H groups in total. The second-order valence-electron chi connectivity index (χ2n) is 6.42. The standard InChI is InChI=1S/C23H20N2O3S/c1-2-27-18-10-8-17(9-11-18)25-23(24)29-14-16-13-21(26)28-20-12-7-15-5-3-4-6-19(15)22(16)20/h3-13H,2,14H2,1H3,(H2,24,25). The van der Waals surface area contributed by atoms with Gasteiger partial charge in [0.15, 0.2) is 5.17 Å². The maximum Gasteiger partial charge on any atom is 0.336 e. The highest BCUT2D eigenvalue weighted by atomic mass is 32.2. The van der Waals surface area contributed by atoms with Crippen molar-refractivity contribution < 1.29 is 9.15 Å². The zero-order chi connectivity index (χ0) is 20.2. The van der Waals surface area contributed by atoms with Crippen molar-refractivity contribution in [1.29, 1.82) is 0 Å². The van der Waals surface area contributed by atoms with Gasteiger partial charge in [0.1, 0.15) is 11.3 Å². The summed E-state index contributed by atoms with van der Waals surface area (Å²) in [6.45, 7) is 2.56. The minimum absolute atomic E-state index is 0.370. The highest BCUT2D eigenvalue weighted by Crippen LogP contribution is 2.29. The van der Waals surface area contributed by atoms with Crippen LogP contribution in [0.2, 0.25) is 0 Å². The number of hydrogen-bond donors (Lipinski definition) is 1. The topological polar surface area (TPSA) is 77.8 Å². The number of nitrogens with zero attached hydrogens (tertiary/aromatic N) is 1. The first kappa shape index (κ1) is 19.1. The fourth-order valence-corrected chi connectivity index (χ4v) is 3.93. The summed E-state index contributed by atoms with van der Waals surface area (Å²) >= 11 is 1.39. The lowest BCUT2D eigenvalue weighted by atomic mass is 10.0. The Hall–Kier alpha value is -3.25. The van der Waals surface area contributed by atoms with E-state index in [0.717, 1.165) is 33.2 Å². The third-order valence-electron chi connectivity index (χ3n) is 4.48. The zero-order valence-electron chi connectivity index (χ0n) is 15.9. The first-order valence-electron chi connectivity index (χ1n) is 9.28. The molecule has 5 nitrogen and oxygen atoms in total. The molecule has 1 aromatic heterocycles. The summed E-state index contributed by atoms with van der Waals surface area (Å²) in [7, 11) is 0. The second-order valence-corrected chi connectivity index (χ2v) is 7.41. The monoisotopic (exact) mass is 404 g/mol. The number of thioether (sulfide) groups is 1. The summed E-state index contributed by atoms with van der Waals surface area (Å²) in [5.74, 6) is 1.31. The molecule has 0 amide bonds. The highest BCUT2D eigenvalue weighted by Gasteiger charge is 2.10. The molecule has 0 unspecified atom stereocenters. The van der Waals surface area contributed by atoms with E-state index < -0.39 is 0 Å². The van der Waals surface area contributed by atoms with Gasteiger partial charge in [0.25, 0.3) is 0 Å². The smallest absolute Gasteiger partial charge is 0.336 e. The second kappa shape index (κ2) is 8.41. The number of hydrogen-bond acceptors (Lipinski definition) is 5. The van der Waals surface area contributed by atoms with Crippen molar-refractivity contribution >= 4 is 44.4 Å². The summed E-state index contributed by atoms with van der Waals surface area (Å²) in [4.78, 5) is 16.5. The molecule has 0 spiro atoms. The van der Waals surface area contributed by atoms with Gasteiger partial charge in [-0.15, -0.1) is 0 Å². The van der Waals surface area contributed by atoms with Gasteiger partial charge in [0.05, 0.1) is 12.3 Å². The van der Waals surface area contributed by atoms with Crippen molar-refractivity contribution in [1.82, 2.24) is 0 Å². The van der Waals surface area contributed by atoms with Gasteiger partial charge in [0.2, 0.25) is 0 Å². The molecule has 3 aromatic carbocycles. The Kier molecular flexibility index (Phi) is 5.53. The van der Waals surface area contributed by atoms with Gasteiger partial charge in [-0.3, -0.25) is 0 Å². The Morgan fingerprint density at radius 2 is 1.90 bits per heavy atom. The van der Waals surface area contributed by atoms with Gasteiger partial charge in [-0.25, -0.2) is 9.79 Å². The molecule has 4 aromatic rings. The van der Waals surface area contributed by atoms with Crippen molar-refractivity contribution in [2.75, 3.05) is 6.61 Å². The van der Waals surface area contributed by atoms with Crippen LogP contribution in [0.15, 0.2) is 80.9 Å². The fraction of sp³-hybridized carbons (Fsp3) is 0.130. The van der Waals surface area contributed by atoms with Gasteiger partial charge < -0.3 is 14.9 Å². The van der Waals surface area contributed by atoms with Gasteiger partial charge in [-0.2, -0.15) is 0 Å². The minimum atomic E-state index is -0.370. The van der Waals surface area contributed by atoms with Gasteiger partial charge in [-0.1, -0.05) is 42.1 Å². The van der Waals surface area contributed by atoms with Gasteiger partial charge in [0, 0.05) is 17.2 Å². The molecule has 0 aliphatic carbocycles. The predicted molar refractivity (Wildman–Crippen MR) is 120 cm³/mol.